The molecule has 1 fully saturated rings. The molecule has 1 rings (SSSR count). The Morgan fingerprint density at radius 1 is 1.18 bits per heavy atom. The van der Waals surface area contributed by atoms with Gasteiger partial charge in [-0.1, -0.05) is 26.2 Å². The summed E-state index contributed by atoms with van der Waals surface area (Å²) in [5.41, 5.74) is 0. The van der Waals surface area contributed by atoms with Crippen LogP contribution in [0.3, 0.4) is 0 Å². The summed E-state index contributed by atoms with van der Waals surface area (Å²) in [6, 6.07) is 0.220. The number of likely N-dealkylation sites (N-methyl/N-ethyl adjacent to an activating group) is 1. The summed E-state index contributed by atoms with van der Waals surface area (Å²) < 4.78 is 37.0. The minimum absolute atomic E-state index is 0.220. The van der Waals surface area contributed by atoms with Gasteiger partial charge < -0.3 is 5.32 Å². The quantitative estimate of drug-likeness (QED) is 0.827. The molecule has 2 nitrogen and oxygen atoms in total. The van der Waals surface area contributed by atoms with E-state index in [1.807, 2.05) is 0 Å². The summed E-state index contributed by atoms with van der Waals surface area (Å²) in [6.07, 6.45) is 1.62. The van der Waals surface area contributed by atoms with Crippen LogP contribution >= 0.6 is 0 Å². The van der Waals surface area contributed by atoms with Crippen LogP contribution in [-0.2, 0) is 0 Å². The molecule has 0 bridgehead atoms. The first-order chi connectivity index (χ1) is 8.01. The zero-order valence-corrected chi connectivity index (χ0v) is 10.5. The number of hydrogen-bond acceptors (Lipinski definition) is 2. The topological polar surface area (TPSA) is 15.3 Å². The van der Waals surface area contributed by atoms with E-state index < -0.39 is 12.7 Å². The van der Waals surface area contributed by atoms with Gasteiger partial charge in [0.2, 0.25) is 0 Å². The molecule has 1 saturated heterocycles. The van der Waals surface area contributed by atoms with Crippen molar-refractivity contribution in [1.29, 1.82) is 0 Å². The van der Waals surface area contributed by atoms with Crippen LogP contribution in [0.2, 0.25) is 0 Å². The standard InChI is InChI=1S/C12H23F3N2/c1-2-17(10-12(13,14)15)9-11-7-5-3-4-6-8-16-11/h11,16H,2-10H2,1H3. The molecule has 1 aliphatic heterocycles. The van der Waals surface area contributed by atoms with Crippen LogP contribution in [-0.4, -0.2) is 43.3 Å². The maximum atomic E-state index is 12.3. The van der Waals surface area contributed by atoms with E-state index in [1.165, 1.54) is 17.7 Å². The fourth-order valence-electron chi connectivity index (χ4n) is 2.30. The number of hydrogen-bond donors (Lipinski definition) is 1. The Bertz CT molecular complexity index is 198. The van der Waals surface area contributed by atoms with Crippen LogP contribution in [0.15, 0.2) is 0 Å². The lowest BCUT2D eigenvalue weighted by Crippen LogP contribution is -2.45. The first-order valence-corrected chi connectivity index (χ1v) is 6.54. The Morgan fingerprint density at radius 2 is 1.88 bits per heavy atom. The molecule has 102 valence electrons. The van der Waals surface area contributed by atoms with E-state index in [4.69, 9.17) is 0 Å². The van der Waals surface area contributed by atoms with Crippen LogP contribution in [0.25, 0.3) is 0 Å². The van der Waals surface area contributed by atoms with Crippen molar-refractivity contribution < 1.29 is 13.2 Å². The number of alkyl halides is 3. The molecule has 1 unspecified atom stereocenters. The van der Waals surface area contributed by atoms with Crippen molar-refractivity contribution in [3.05, 3.63) is 0 Å². The lowest BCUT2D eigenvalue weighted by Gasteiger charge is -2.29. The average molecular weight is 252 g/mol. The monoisotopic (exact) mass is 252 g/mol. The van der Waals surface area contributed by atoms with E-state index in [1.54, 1.807) is 6.92 Å². The van der Waals surface area contributed by atoms with Gasteiger partial charge in [0, 0.05) is 12.6 Å². The second-order valence-corrected chi connectivity index (χ2v) is 4.80. The highest BCUT2D eigenvalue weighted by molar-refractivity contribution is 4.75. The largest absolute Gasteiger partial charge is 0.401 e. The Labute approximate surface area is 102 Å². The molecule has 1 heterocycles. The van der Waals surface area contributed by atoms with E-state index in [-0.39, 0.29) is 6.04 Å². The van der Waals surface area contributed by atoms with Gasteiger partial charge in [0.1, 0.15) is 0 Å². The molecule has 17 heavy (non-hydrogen) atoms. The van der Waals surface area contributed by atoms with E-state index in [0.29, 0.717) is 13.1 Å². The Kier molecular flexibility index (Phi) is 6.27. The predicted molar refractivity (Wildman–Crippen MR) is 63.0 cm³/mol. The molecular formula is C12H23F3N2. The maximum Gasteiger partial charge on any atom is 0.401 e. The Balaban J connectivity index is 2.37. The summed E-state index contributed by atoms with van der Waals surface area (Å²) in [6.45, 7) is 2.90. The second-order valence-electron chi connectivity index (χ2n) is 4.80. The van der Waals surface area contributed by atoms with E-state index in [9.17, 15) is 13.2 Å². The molecule has 0 aromatic rings. The van der Waals surface area contributed by atoms with Crippen molar-refractivity contribution in [2.45, 2.75) is 51.2 Å². The fourth-order valence-corrected chi connectivity index (χ4v) is 2.30. The first-order valence-electron chi connectivity index (χ1n) is 6.54. The molecule has 1 aliphatic rings. The van der Waals surface area contributed by atoms with Crippen molar-refractivity contribution >= 4 is 0 Å². The van der Waals surface area contributed by atoms with Gasteiger partial charge in [0.25, 0.3) is 0 Å². The van der Waals surface area contributed by atoms with E-state index in [2.05, 4.69) is 5.32 Å². The molecule has 0 spiro atoms. The molecule has 1 atom stereocenters. The summed E-state index contributed by atoms with van der Waals surface area (Å²) in [4.78, 5) is 1.49. The van der Waals surface area contributed by atoms with Gasteiger partial charge in [-0.2, -0.15) is 13.2 Å². The van der Waals surface area contributed by atoms with Gasteiger partial charge in [-0.25, -0.2) is 0 Å². The SMILES string of the molecule is CCN(CC1CCCCCCN1)CC(F)(F)F. The first kappa shape index (κ1) is 14.8. The zero-order chi connectivity index (χ0) is 12.7. The second kappa shape index (κ2) is 7.21. The highest BCUT2D eigenvalue weighted by Crippen LogP contribution is 2.17. The van der Waals surface area contributed by atoms with Crippen molar-refractivity contribution in [2.75, 3.05) is 26.2 Å². The predicted octanol–water partition coefficient (Wildman–Crippen LogP) is 2.79. The molecule has 0 aliphatic carbocycles. The number of halogens is 3. The summed E-state index contributed by atoms with van der Waals surface area (Å²) >= 11 is 0. The highest BCUT2D eigenvalue weighted by Gasteiger charge is 2.30. The number of nitrogens with one attached hydrogen (secondary N) is 1. The smallest absolute Gasteiger partial charge is 0.313 e. The van der Waals surface area contributed by atoms with Gasteiger partial charge in [-0.3, -0.25) is 4.90 Å². The maximum absolute atomic E-state index is 12.3. The van der Waals surface area contributed by atoms with Crippen LogP contribution in [0, 0.1) is 0 Å². The number of rotatable bonds is 4. The van der Waals surface area contributed by atoms with Gasteiger partial charge in [0.05, 0.1) is 6.54 Å². The van der Waals surface area contributed by atoms with Gasteiger partial charge in [-0.15, -0.1) is 0 Å². The molecule has 0 radical (unpaired) electrons. The van der Waals surface area contributed by atoms with Crippen molar-refractivity contribution in [2.24, 2.45) is 0 Å². The molecule has 0 aromatic carbocycles. The fraction of sp³-hybridized carbons (Fsp3) is 1.00. The van der Waals surface area contributed by atoms with Gasteiger partial charge in [-0.05, 0) is 25.9 Å². The summed E-state index contributed by atoms with van der Waals surface area (Å²) in [7, 11) is 0. The molecular weight excluding hydrogens is 229 g/mol. The minimum atomic E-state index is -4.09. The van der Waals surface area contributed by atoms with Gasteiger partial charge >= 0.3 is 6.18 Å². The Morgan fingerprint density at radius 3 is 2.53 bits per heavy atom. The zero-order valence-electron chi connectivity index (χ0n) is 10.5. The van der Waals surface area contributed by atoms with Gasteiger partial charge in [0.15, 0.2) is 0 Å². The molecule has 0 saturated carbocycles. The number of nitrogens with zero attached hydrogens (tertiary/aromatic N) is 1. The third-order valence-electron chi connectivity index (χ3n) is 3.24. The highest BCUT2D eigenvalue weighted by atomic mass is 19.4. The summed E-state index contributed by atoms with van der Waals surface area (Å²) in [5.74, 6) is 0. The molecule has 1 N–H and O–H groups in total. The lowest BCUT2D eigenvalue weighted by atomic mass is 10.0. The molecule has 0 aromatic heterocycles. The van der Waals surface area contributed by atoms with Crippen molar-refractivity contribution in [3.8, 4) is 0 Å². The van der Waals surface area contributed by atoms with Crippen LogP contribution < -0.4 is 5.32 Å². The Hall–Kier alpha value is -0.290. The van der Waals surface area contributed by atoms with Crippen LogP contribution in [0.4, 0.5) is 13.2 Å². The summed E-state index contributed by atoms with van der Waals surface area (Å²) in [5, 5.41) is 3.36. The van der Waals surface area contributed by atoms with Crippen LogP contribution in [0.1, 0.15) is 39.0 Å². The van der Waals surface area contributed by atoms with E-state index in [0.717, 1.165) is 25.8 Å². The molecule has 0 amide bonds. The normalized spacial score (nSPS) is 23.5. The third-order valence-corrected chi connectivity index (χ3v) is 3.24. The lowest BCUT2D eigenvalue weighted by molar-refractivity contribution is -0.146. The third kappa shape index (κ3) is 6.88. The average Bonchev–Trinajstić information content (AvgIpc) is 2.18. The van der Waals surface area contributed by atoms with Crippen molar-refractivity contribution in [1.82, 2.24) is 10.2 Å². The van der Waals surface area contributed by atoms with Crippen molar-refractivity contribution in [3.63, 3.8) is 0 Å². The molecule has 5 heteroatoms. The van der Waals surface area contributed by atoms with E-state index >= 15 is 0 Å². The minimum Gasteiger partial charge on any atom is -0.313 e. The van der Waals surface area contributed by atoms with Crippen LogP contribution in [0.5, 0.6) is 0 Å².